The van der Waals surface area contributed by atoms with Crippen molar-refractivity contribution in [3.63, 3.8) is 0 Å². The van der Waals surface area contributed by atoms with Gasteiger partial charge in [-0.1, -0.05) is 27.7 Å². The molecule has 0 radical (unpaired) electrons. The number of rotatable bonds is 8. The molecule has 206 valence electrons. The average molecular weight is 526 g/mol. The van der Waals surface area contributed by atoms with Crippen molar-refractivity contribution in [2.24, 2.45) is 52.3 Å². The molecule has 0 aromatic carbocycles. The molecule has 4 aliphatic carbocycles. The van der Waals surface area contributed by atoms with Gasteiger partial charge in [0, 0.05) is 24.8 Å². The number of Topliss-reactive ketones (excluding diaryl/α,β-unsaturated/α-hetero) is 1. The molecule has 0 aliphatic heterocycles. The smallest absolute Gasteiger partial charge is 0.266 e. The van der Waals surface area contributed by atoms with Crippen LogP contribution in [0.1, 0.15) is 91.9 Å². The highest BCUT2D eigenvalue weighted by atomic mass is 32.2. The first kappa shape index (κ1) is 28.0. The molecule has 3 N–H and O–H groups in total. The average Bonchev–Trinajstić information content (AvgIpc) is 3.15. The molecule has 0 heterocycles. The number of nitrogens with one attached hydrogen (secondary N) is 1. The quantitative estimate of drug-likeness (QED) is 0.408. The predicted octanol–water partition coefficient (Wildman–Crippen LogP) is 4.24. The van der Waals surface area contributed by atoms with E-state index in [4.69, 9.17) is 4.55 Å². The van der Waals surface area contributed by atoms with Crippen molar-refractivity contribution in [2.75, 3.05) is 12.3 Å². The second-order valence-electron chi connectivity index (χ2n) is 13.1. The van der Waals surface area contributed by atoms with Gasteiger partial charge in [0.1, 0.15) is 5.78 Å². The van der Waals surface area contributed by atoms with E-state index in [1.54, 1.807) is 0 Å². The maximum Gasteiger partial charge on any atom is 0.266 e. The zero-order valence-electron chi connectivity index (χ0n) is 22.5. The highest BCUT2D eigenvalue weighted by molar-refractivity contribution is 7.85. The third kappa shape index (κ3) is 5.03. The lowest BCUT2D eigenvalue weighted by Gasteiger charge is -2.62. The molecule has 4 unspecified atom stereocenters. The number of carbonyl (C=O) groups excluding carboxylic acids is 2. The van der Waals surface area contributed by atoms with E-state index < -0.39 is 15.9 Å². The minimum absolute atomic E-state index is 0.0662. The predicted molar refractivity (Wildman–Crippen MR) is 139 cm³/mol. The number of hydrogen-bond acceptors (Lipinski definition) is 5. The molecule has 7 nitrogen and oxygen atoms in total. The van der Waals surface area contributed by atoms with E-state index in [1.165, 1.54) is 0 Å². The van der Waals surface area contributed by atoms with Gasteiger partial charge in [-0.15, -0.1) is 0 Å². The second kappa shape index (κ2) is 10.3. The van der Waals surface area contributed by atoms with Gasteiger partial charge < -0.3 is 10.4 Å². The molecule has 0 spiro atoms. The topological polar surface area (TPSA) is 121 Å². The normalized spacial score (nSPS) is 43.3. The van der Waals surface area contributed by atoms with Gasteiger partial charge in [0.2, 0.25) is 5.91 Å². The van der Waals surface area contributed by atoms with Gasteiger partial charge in [0.15, 0.2) is 0 Å². The molecular formula is C28H47NO6S. The summed E-state index contributed by atoms with van der Waals surface area (Å²) in [5, 5.41) is 13.0. The van der Waals surface area contributed by atoms with Crippen molar-refractivity contribution in [1.29, 1.82) is 0 Å². The van der Waals surface area contributed by atoms with Gasteiger partial charge in [-0.3, -0.25) is 14.1 Å². The van der Waals surface area contributed by atoms with Gasteiger partial charge in [-0.05, 0) is 98.2 Å². The third-order valence-corrected chi connectivity index (χ3v) is 12.1. The van der Waals surface area contributed by atoms with Gasteiger partial charge in [0.25, 0.3) is 10.1 Å². The zero-order valence-corrected chi connectivity index (χ0v) is 23.4. The van der Waals surface area contributed by atoms with Gasteiger partial charge in [-0.2, -0.15) is 8.42 Å². The first-order chi connectivity index (χ1) is 16.8. The summed E-state index contributed by atoms with van der Waals surface area (Å²) in [6.07, 6.45) is 8.73. The van der Waals surface area contributed by atoms with Crippen molar-refractivity contribution >= 4 is 21.8 Å². The molecular weight excluding hydrogens is 478 g/mol. The number of fused-ring (bicyclic) bond motifs is 5. The molecule has 0 saturated heterocycles. The standard InChI is InChI=1S/C28H47NO6S/c1-5-19-23-16-18(30)10-12-28(23,4)22-11-13-27(3)20(7-8-21(27)25(22)26(19)32)17(2)6-9-24(31)29-14-15-36(33,34)35/h17-23,25,30H,5-16H2,1-4H3,(H,29,31)(H,33,34,35)/t17-,18-,19-,20-,21?,22?,23?,25?,27-,28-/m1/s1. The molecule has 10 atom stereocenters. The van der Waals surface area contributed by atoms with E-state index in [0.717, 1.165) is 57.8 Å². The summed E-state index contributed by atoms with van der Waals surface area (Å²) >= 11 is 0. The SMILES string of the molecule is CC[C@H]1C(=O)C2C(CC[C@@]3(C)C2CC[C@@H]3[C@H](C)CCC(=O)NCCS(=O)(=O)O)[C@@]2(C)CC[C@@H](O)CC12. The fraction of sp³-hybridized carbons (Fsp3) is 0.929. The van der Waals surface area contributed by atoms with Crippen LogP contribution in [0.5, 0.6) is 0 Å². The van der Waals surface area contributed by atoms with Gasteiger partial charge >= 0.3 is 0 Å². The van der Waals surface area contributed by atoms with Crippen LogP contribution >= 0.6 is 0 Å². The lowest BCUT2D eigenvalue weighted by molar-refractivity contribution is -0.173. The molecule has 4 aliphatic rings. The summed E-state index contributed by atoms with van der Waals surface area (Å²) in [6, 6.07) is 0. The fourth-order valence-electron chi connectivity index (χ4n) is 9.58. The van der Waals surface area contributed by atoms with Crippen molar-refractivity contribution in [3.8, 4) is 0 Å². The van der Waals surface area contributed by atoms with E-state index in [0.29, 0.717) is 41.8 Å². The Hall–Kier alpha value is -0.990. The second-order valence-corrected chi connectivity index (χ2v) is 14.6. The molecule has 4 fully saturated rings. The van der Waals surface area contributed by atoms with E-state index >= 15 is 0 Å². The number of aliphatic hydroxyl groups excluding tert-OH is 1. The Kier molecular flexibility index (Phi) is 8.01. The minimum Gasteiger partial charge on any atom is -0.393 e. The molecule has 0 aromatic rings. The summed E-state index contributed by atoms with van der Waals surface area (Å²) in [5.74, 6) is 1.97. The number of carbonyl (C=O) groups is 2. The molecule has 0 bridgehead atoms. The molecule has 0 aromatic heterocycles. The zero-order chi connectivity index (χ0) is 26.5. The van der Waals surface area contributed by atoms with Crippen molar-refractivity contribution in [2.45, 2.75) is 98.0 Å². The fourth-order valence-corrected chi connectivity index (χ4v) is 9.94. The van der Waals surface area contributed by atoms with Crippen LogP contribution in [0.2, 0.25) is 0 Å². The monoisotopic (exact) mass is 525 g/mol. The largest absolute Gasteiger partial charge is 0.393 e. The first-order valence-electron chi connectivity index (χ1n) is 14.3. The summed E-state index contributed by atoms with van der Waals surface area (Å²) in [7, 11) is -4.08. The maximum atomic E-state index is 14.0. The highest BCUT2D eigenvalue weighted by Gasteiger charge is 2.65. The summed E-state index contributed by atoms with van der Waals surface area (Å²) in [6.45, 7) is 9.13. The third-order valence-electron chi connectivity index (χ3n) is 11.4. The maximum absolute atomic E-state index is 14.0. The Morgan fingerprint density at radius 2 is 1.75 bits per heavy atom. The van der Waals surface area contributed by atoms with Crippen LogP contribution in [0.25, 0.3) is 0 Å². The van der Waals surface area contributed by atoms with Crippen LogP contribution in [0.3, 0.4) is 0 Å². The van der Waals surface area contributed by atoms with Gasteiger partial charge in [0.05, 0.1) is 11.9 Å². The number of amides is 1. The molecule has 1 amide bonds. The van der Waals surface area contributed by atoms with Crippen LogP contribution in [-0.4, -0.2) is 48.2 Å². The Balaban J connectivity index is 1.45. The lowest BCUT2D eigenvalue weighted by Crippen LogP contribution is -2.60. The minimum atomic E-state index is -4.08. The highest BCUT2D eigenvalue weighted by Crippen LogP contribution is 2.68. The van der Waals surface area contributed by atoms with Crippen LogP contribution < -0.4 is 5.32 Å². The van der Waals surface area contributed by atoms with Crippen LogP contribution in [0.4, 0.5) is 0 Å². The lowest BCUT2D eigenvalue weighted by atomic mass is 9.42. The van der Waals surface area contributed by atoms with E-state index in [9.17, 15) is 23.1 Å². The molecule has 4 saturated carbocycles. The molecule has 36 heavy (non-hydrogen) atoms. The van der Waals surface area contributed by atoms with Crippen LogP contribution in [-0.2, 0) is 19.7 Å². The van der Waals surface area contributed by atoms with Crippen LogP contribution in [0, 0.1) is 52.3 Å². The Morgan fingerprint density at radius 1 is 1.08 bits per heavy atom. The van der Waals surface area contributed by atoms with Crippen LogP contribution in [0.15, 0.2) is 0 Å². The Bertz CT molecular complexity index is 952. The number of hydrogen-bond donors (Lipinski definition) is 3. The van der Waals surface area contributed by atoms with E-state index in [1.807, 2.05) is 0 Å². The number of ketones is 1. The van der Waals surface area contributed by atoms with Crippen molar-refractivity contribution in [1.82, 2.24) is 5.32 Å². The summed E-state index contributed by atoms with van der Waals surface area (Å²) < 4.78 is 30.6. The number of aliphatic hydroxyl groups is 1. The summed E-state index contributed by atoms with van der Waals surface area (Å²) in [5.41, 5.74) is 0.247. The Labute approximate surface area is 217 Å². The Morgan fingerprint density at radius 3 is 2.42 bits per heavy atom. The van der Waals surface area contributed by atoms with Crippen molar-refractivity contribution < 1.29 is 27.7 Å². The van der Waals surface area contributed by atoms with Crippen molar-refractivity contribution in [3.05, 3.63) is 0 Å². The first-order valence-corrected chi connectivity index (χ1v) is 15.9. The van der Waals surface area contributed by atoms with E-state index in [-0.39, 0.29) is 41.2 Å². The van der Waals surface area contributed by atoms with Gasteiger partial charge in [-0.25, -0.2) is 0 Å². The molecule has 8 heteroatoms. The molecule has 4 rings (SSSR count). The summed E-state index contributed by atoms with van der Waals surface area (Å²) in [4.78, 5) is 26.3. The van der Waals surface area contributed by atoms with E-state index in [2.05, 4.69) is 33.0 Å².